The van der Waals surface area contributed by atoms with E-state index in [-0.39, 0.29) is 5.56 Å². The standard InChI is InChI=1S/C26H27N2O2/c1-16-14-18(28(4,5)6)15-17(2)23(16)20-11-9-13-22-24(20)25(26(29)30)19-10-7-8-12-21(19)27(22)3/h7-15H,1-6H3/q+1. The number of rotatable bonds is 3. The lowest BCUT2D eigenvalue weighted by Crippen LogP contribution is -2.35. The Bertz CT molecular complexity index is 1310. The first-order valence-electron chi connectivity index (χ1n) is 10.1. The highest BCUT2D eigenvalue weighted by molar-refractivity contribution is 6.15. The molecular weight excluding hydrogens is 372 g/mol. The zero-order valence-electron chi connectivity index (χ0n) is 18.4. The highest BCUT2D eigenvalue weighted by Gasteiger charge is 2.24. The minimum atomic E-state index is -1.15. The Kier molecular flexibility index (Phi) is 4.63. The van der Waals surface area contributed by atoms with Gasteiger partial charge in [-0.1, -0.05) is 24.3 Å². The molecule has 0 fully saturated rings. The third-order valence-corrected chi connectivity index (χ3v) is 5.95. The molecule has 4 rings (SSSR count). The number of pyridine rings is 1. The van der Waals surface area contributed by atoms with E-state index in [1.54, 1.807) is 0 Å². The van der Waals surface area contributed by atoms with Gasteiger partial charge in [-0.2, -0.15) is 4.57 Å². The van der Waals surface area contributed by atoms with Gasteiger partial charge in [-0.05, 0) is 42.2 Å². The van der Waals surface area contributed by atoms with Gasteiger partial charge in [-0.3, -0.25) is 4.48 Å². The number of aromatic nitrogens is 1. The normalized spacial score (nSPS) is 11.9. The van der Waals surface area contributed by atoms with Crippen LogP contribution in [0.3, 0.4) is 0 Å². The van der Waals surface area contributed by atoms with Crippen LogP contribution in [0.25, 0.3) is 32.9 Å². The monoisotopic (exact) mass is 399 g/mol. The van der Waals surface area contributed by atoms with Crippen molar-refractivity contribution in [2.24, 2.45) is 7.05 Å². The number of carboxylic acid groups (broad SMARTS) is 1. The zero-order chi connectivity index (χ0) is 21.8. The van der Waals surface area contributed by atoms with E-state index < -0.39 is 5.97 Å². The van der Waals surface area contributed by atoms with Crippen LogP contribution in [0.2, 0.25) is 0 Å². The summed E-state index contributed by atoms with van der Waals surface area (Å²) in [7, 11) is 8.41. The molecule has 0 atom stereocenters. The van der Waals surface area contributed by atoms with Crippen molar-refractivity contribution in [1.82, 2.24) is 4.48 Å². The summed E-state index contributed by atoms with van der Waals surface area (Å²) < 4.78 is 2.78. The molecule has 0 saturated heterocycles. The average molecular weight is 400 g/mol. The number of para-hydroxylation sites is 1. The van der Waals surface area contributed by atoms with Gasteiger partial charge in [0, 0.05) is 29.8 Å². The van der Waals surface area contributed by atoms with Gasteiger partial charge in [0.1, 0.15) is 12.7 Å². The molecule has 0 aliphatic carbocycles. The molecule has 0 aliphatic rings. The van der Waals surface area contributed by atoms with Gasteiger partial charge in [0.2, 0.25) is 11.0 Å². The van der Waals surface area contributed by atoms with Crippen LogP contribution in [0.4, 0.5) is 5.69 Å². The Hall–Kier alpha value is -3.24. The van der Waals surface area contributed by atoms with Gasteiger partial charge in [0.05, 0.1) is 37.9 Å². The van der Waals surface area contributed by atoms with Gasteiger partial charge < -0.3 is 9.90 Å². The molecule has 4 heteroatoms. The van der Waals surface area contributed by atoms with Crippen molar-refractivity contribution in [1.29, 1.82) is 0 Å². The lowest BCUT2D eigenvalue weighted by atomic mass is 9.89. The Morgan fingerprint density at radius 1 is 0.900 bits per heavy atom. The molecular formula is C26H27N2O2+. The second kappa shape index (κ2) is 6.92. The first-order valence-corrected chi connectivity index (χ1v) is 10.1. The SMILES string of the molecule is Cc1cc([N+](C)(C)C)cc(C)c1-c1cccc2c1c(C(=O)[O-])c1ccccc1[n+]2C. The number of carbonyl (C=O) groups excluding carboxylic acids is 1. The fraction of sp³-hybridized carbons (Fsp3) is 0.231. The Labute approximate surface area is 177 Å². The number of carbonyl (C=O) groups is 1. The number of fused-ring (bicyclic) bond motifs is 2. The summed E-state index contributed by atoms with van der Waals surface area (Å²) in [5.41, 5.74) is 7.48. The highest BCUT2D eigenvalue weighted by Crippen LogP contribution is 2.38. The van der Waals surface area contributed by atoms with Crippen molar-refractivity contribution in [2.45, 2.75) is 13.8 Å². The molecule has 3 aromatic carbocycles. The number of aromatic carboxylic acids is 1. The van der Waals surface area contributed by atoms with Crippen LogP contribution in [0.1, 0.15) is 21.5 Å². The van der Waals surface area contributed by atoms with E-state index in [1.807, 2.05) is 49.5 Å². The third kappa shape index (κ3) is 3.04. The van der Waals surface area contributed by atoms with E-state index in [9.17, 15) is 9.90 Å². The van der Waals surface area contributed by atoms with Crippen LogP contribution < -0.4 is 14.2 Å². The maximum absolute atomic E-state index is 12.4. The molecule has 0 N–H and O–H groups in total. The van der Waals surface area contributed by atoms with Crippen molar-refractivity contribution in [3.8, 4) is 11.1 Å². The van der Waals surface area contributed by atoms with Crippen LogP contribution >= 0.6 is 0 Å². The van der Waals surface area contributed by atoms with Gasteiger partial charge >= 0.3 is 0 Å². The number of hydrogen-bond acceptors (Lipinski definition) is 2. The van der Waals surface area contributed by atoms with Crippen molar-refractivity contribution >= 4 is 33.5 Å². The molecule has 0 aliphatic heterocycles. The topological polar surface area (TPSA) is 44.0 Å². The molecule has 0 spiro atoms. The molecule has 152 valence electrons. The number of nitrogens with zero attached hydrogens (tertiary/aromatic N) is 2. The quantitative estimate of drug-likeness (QED) is 0.300. The van der Waals surface area contributed by atoms with Crippen LogP contribution in [-0.4, -0.2) is 27.1 Å². The lowest BCUT2D eigenvalue weighted by molar-refractivity contribution is -0.617. The first-order chi connectivity index (χ1) is 14.1. The van der Waals surface area contributed by atoms with E-state index in [4.69, 9.17) is 0 Å². The molecule has 0 saturated carbocycles. The van der Waals surface area contributed by atoms with Gasteiger partial charge in [0.15, 0.2) is 0 Å². The van der Waals surface area contributed by atoms with Crippen molar-refractivity contribution in [2.75, 3.05) is 21.1 Å². The molecule has 4 nitrogen and oxygen atoms in total. The fourth-order valence-electron chi connectivity index (χ4n) is 4.50. The molecule has 1 heterocycles. The summed E-state index contributed by atoms with van der Waals surface area (Å²) in [6, 6.07) is 18.0. The van der Waals surface area contributed by atoms with Gasteiger partial charge in [0.25, 0.3) is 0 Å². The molecule has 0 radical (unpaired) electrons. The van der Waals surface area contributed by atoms with Crippen LogP contribution in [0.15, 0.2) is 54.6 Å². The summed E-state index contributed by atoms with van der Waals surface area (Å²) in [5.74, 6) is -1.15. The molecule has 0 amide bonds. The third-order valence-electron chi connectivity index (χ3n) is 5.95. The second-order valence-electron chi connectivity index (χ2n) is 8.91. The Morgan fingerprint density at radius 3 is 2.10 bits per heavy atom. The van der Waals surface area contributed by atoms with Gasteiger partial charge in [-0.15, -0.1) is 0 Å². The minimum Gasteiger partial charge on any atom is -0.545 e. The average Bonchev–Trinajstić information content (AvgIpc) is 2.67. The maximum atomic E-state index is 12.4. The van der Waals surface area contributed by atoms with Gasteiger partial charge in [-0.25, -0.2) is 0 Å². The van der Waals surface area contributed by atoms with E-state index in [2.05, 4.69) is 51.7 Å². The lowest BCUT2D eigenvalue weighted by Gasteiger charge is -2.25. The number of hydrogen-bond donors (Lipinski definition) is 0. The summed E-state index contributed by atoms with van der Waals surface area (Å²) in [6.45, 7) is 4.19. The minimum absolute atomic E-state index is 0.253. The van der Waals surface area contributed by atoms with Crippen molar-refractivity contribution < 1.29 is 14.5 Å². The van der Waals surface area contributed by atoms with Crippen molar-refractivity contribution in [3.63, 3.8) is 0 Å². The maximum Gasteiger partial charge on any atom is 0.214 e. The Morgan fingerprint density at radius 2 is 1.50 bits per heavy atom. The number of carboxylic acids is 1. The fourth-order valence-corrected chi connectivity index (χ4v) is 4.50. The Balaban J connectivity index is 2.18. The molecule has 4 aromatic rings. The highest BCUT2D eigenvalue weighted by atomic mass is 16.4. The van der Waals surface area contributed by atoms with Crippen LogP contribution in [0.5, 0.6) is 0 Å². The number of benzene rings is 3. The van der Waals surface area contributed by atoms with Crippen molar-refractivity contribution in [3.05, 3.63) is 71.3 Å². The molecule has 0 unspecified atom stereocenters. The van der Waals surface area contributed by atoms with Crippen LogP contribution in [0, 0.1) is 13.8 Å². The summed E-state index contributed by atoms with van der Waals surface area (Å²) >= 11 is 0. The van der Waals surface area contributed by atoms with Crippen LogP contribution in [-0.2, 0) is 7.05 Å². The number of quaternary nitrogens is 1. The second-order valence-corrected chi connectivity index (χ2v) is 8.91. The summed E-state index contributed by atoms with van der Waals surface area (Å²) in [4.78, 5) is 12.4. The predicted molar refractivity (Wildman–Crippen MR) is 121 cm³/mol. The van der Waals surface area contributed by atoms with E-state index >= 15 is 0 Å². The molecule has 30 heavy (non-hydrogen) atoms. The molecule has 1 aromatic heterocycles. The number of aryl methyl sites for hydroxylation is 3. The smallest absolute Gasteiger partial charge is 0.214 e. The molecule has 0 bridgehead atoms. The van der Waals surface area contributed by atoms with E-state index in [1.165, 1.54) is 5.69 Å². The predicted octanol–water partition coefficient (Wildman–Crippen LogP) is 3.66. The van der Waals surface area contributed by atoms with E-state index in [0.29, 0.717) is 5.39 Å². The summed E-state index contributed by atoms with van der Waals surface area (Å²) in [6.07, 6.45) is 0. The summed E-state index contributed by atoms with van der Waals surface area (Å²) in [5, 5.41) is 13.8. The van der Waals surface area contributed by atoms with E-state index in [0.717, 1.165) is 43.2 Å². The largest absolute Gasteiger partial charge is 0.545 e. The zero-order valence-corrected chi connectivity index (χ0v) is 18.4. The first kappa shape index (κ1) is 20.0.